The van der Waals surface area contributed by atoms with E-state index in [1.165, 1.54) is 0 Å². The number of rotatable bonds is 4. The molecular formula is C17H15BrN2O2. The Hall–Kier alpha value is -2.14. The molecule has 0 aliphatic rings. The second-order valence-corrected chi connectivity index (χ2v) is 5.99. The number of aryl methyl sites for hydroxylation is 1. The Bertz CT molecular complexity index is 874. The van der Waals surface area contributed by atoms with Crippen LogP contribution in [0.2, 0.25) is 0 Å². The lowest BCUT2D eigenvalue weighted by Crippen LogP contribution is -2.23. The van der Waals surface area contributed by atoms with Crippen LogP contribution in [0.5, 0.6) is 5.75 Å². The molecule has 0 atom stereocenters. The van der Waals surface area contributed by atoms with Gasteiger partial charge in [-0.1, -0.05) is 28.1 Å². The number of hydrogen-bond donors (Lipinski definition) is 0. The molecule has 2 aromatic carbocycles. The molecule has 0 unspecified atom stereocenters. The third-order valence-corrected chi connectivity index (χ3v) is 3.87. The maximum absolute atomic E-state index is 12.4. The topological polar surface area (TPSA) is 44.1 Å². The van der Waals surface area contributed by atoms with E-state index in [4.69, 9.17) is 4.74 Å². The number of ether oxygens (including phenoxy) is 1. The number of fused-ring (bicyclic) bond motifs is 1. The third kappa shape index (κ3) is 3.20. The van der Waals surface area contributed by atoms with Crippen molar-refractivity contribution in [2.45, 2.75) is 13.5 Å². The summed E-state index contributed by atoms with van der Waals surface area (Å²) in [5.74, 6) is 0.810. The molecule has 1 heterocycles. The van der Waals surface area contributed by atoms with Crippen molar-refractivity contribution in [3.05, 3.63) is 69.2 Å². The van der Waals surface area contributed by atoms with Crippen LogP contribution in [0.3, 0.4) is 0 Å². The molecule has 1 aromatic heterocycles. The van der Waals surface area contributed by atoms with Gasteiger partial charge < -0.3 is 4.74 Å². The largest absolute Gasteiger partial charge is 0.492 e. The summed E-state index contributed by atoms with van der Waals surface area (Å²) in [7, 11) is 0. The van der Waals surface area contributed by atoms with Crippen LogP contribution in [-0.2, 0) is 6.54 Å². The summed E-state index contributed by atoms with van der Waals surface area (Å²) >= 11 is 3.38. The van der Waals surface area contributed by atoms with E-state index >= 15 is 0 Å². The summed E-state index contributed by atoms with van der Waals surface area (Å²) in [5.41, 5.74) is 1.79. The molecule has 0 saturated heterocycles. The number of aromatic nitrogens is 2. The molecule has 0 spiro atoms. The van der Waals surface area contributed by atoms with Gasteiger partial charge in [0, 0.05) is 4.47 Å². The normalized spacial score (nSPS) is 10.8. The van der Waals surface area contributed by atoms with E-state index in [0.29, 0.717) is 24.1 Å². The number of nitrogens with zero attached hydrogens (tertiary/aromatic N) is 2. The molecule has 22 heavy (non-hydrogen) atoms. The summed E-state index contributed by atoms with van der Waals surface area (Å²) in [6.07, 6.45) is 1.57. The van der Waals surface area contributed by atoms with Crippen LogP contribution in [0.25, 0.3) is 10.9 Å². The Balaban J connectivity index is 1.77. The fourth-order valence-electron chi connectivity index (χ4n) is 2.26. The van der Waals surface area contributed by atoms with Crippen molar-refractivity contribution in [3.63, 3.8) is 0 Å². The van der Waals surface area contributed by atoms with Crippen molar-refractivity contribution in [2.24, 2.45) is 0 Å². The van der Waals surface area contributed by atoms with Gasteiger partial charge in [0.15, 0.2) is 0 Å². The zero-order valence-electron chi connectivity index (χ0n) is 12.1. The molecule has 5 heteroatoms. The highest BCUT2D eigenvalue weighted by molar-refractivity contribution is 9.10. The minimum atomic E-state index is -0.0563. The van der Waals surface area contributed by atoms with Crippen molar-refractivity contribution >= 4 is 26.8 Å². The van der Waals surface area contributed by atoms with Gasteiger partial charge in [-0.25, -0.2) is 4.98 Å². The first kappa shape index (κ1) is 14.8. The maximum Gasteiger partial charge on any atom is 0.261 e. The first-order valence-electron chi connectivity index (χ1n) is 6.98. The Morgan fingerprint density at radius 1 is 1.23 bits per heavy atom. The first-order chi connectivity index (χ1) is 10.6. The summed E-state index contributed by atoms with van der Waals surface area (Å²) in [4.78, 5) is 16.7. The van der Waals surface area contributed by atoms with E-state index in [9.17, 15) is 4.79 Å². The highest BCUT2D eigenvalue weighted by Gasteiger charge is 2.05. The molecule has 0 saturated carbocycles. The van der Waals surface area contributed by atoms with Gasteiger partial charge >= 0.3 is 0 Å². The Morgan fingerprint density at radius 3 is 2.91 bits per heavy atom. The van der Waals surface area contributed by atoms with E-state index in [1.807, 2.05) is 43.3 Å². The smallest absolute Gasteiger partial charge is 0.261 e. The predicted octanol–water partition coefficient (Wildman–Crippen LogP) is 3.55. The van der Waals surface area contributed by atoms with Crippen LogP contribution in [0.15, 0.2) is 58.1 Å². The van der Waals surface area contributed by atoms with Gasteiger partial charge in [-0.3, -0.25) is 9.36 Å². The average molecular weight is 359 g/mol. The molecule has 0 fully saturated rings. The van der Waals surface area contributed by atoms with Gasteiger partial charge in [-0.2, -0.15) is 0 Å². The minimum absolute atomic E-state index is 0.0563. The van der Waals surface area contributed by atoms with E-state index < -0.39 is 0 Å². The van der Waals surface area contributed by atoms with Crippen molar-refractivity contribution in [2.75, 3.05) is 6.61 Å². The number of halogens is 1. The number of benzene rings is 2. The van der Waals surface area contributed by atoms with Crippen LogP contribution in [0, 0.1) is 6.92 Å². The molecule has 0 bridgehead atoms. The van der Waals surface area contributed by atoms with Crippen LogP contribution in [0.1, 0.15) is 5.56 Å². The Labute approximate surface area is 136 Å². The Kier molecular flexibility index (Phi) is 4.24. The van der Waals surface area contributed by atoms with Crippen molar-refractivity contribution < 1.29 is 4.74 Å². The first-order valence-corrected chi connectivity index (χ1v) is 7.77. The van der Waals surface area contributed by atoms with Gasteiger partial charge in [-0.15, -0.1) is 0 Å². The highest BCUT2D eigenvalue weighted by atomic mass is 79.9. The molecule has 0 aliphatic heterocycles. The molecule has 3 aromatic rings. The van der Waals surface area contributed by atoms with E-state index in [1.54, 1.807) is 17.0 Å². The summed E-state index contributed by atoms with van der Waals surface area (Å²) in [6, 6.07) is 13.3. The van der Waals surface area contributed by atoms with Gasteiger partial charge in [0.2, 0.25) is 0 Å². The van der Waals surface area contributed by atoms with Crippen LogP contribution < -0.4 is 10.3 Å². The average Bonchev–Trinajstić information content (AvgIpc) is 2.50. The fourth-order valence-corrected chi connectivity index (χ4v) is 2.62. The second-order valence-electron chi connectivity index (χ2n) is 5.07. The molecule has 3 rings (SSSR count). The van der Waals surface area contributed by atoms with Crippen molar-refractivity contribution in [3.8, 4) is 5.75 Å². The molecule has 0 aliphatic carbocycles. The van der Waals surface area contributed by atoms with Gasteiger partial charge in [0.05, 0.1) is 23.8 Å². The third-order valence-electron chi connectivity index (χ3n) is 3.38. The summed E-state index contributed by atoms with van der Waals surface area (Å²) in [5, 5.41) is 0.604. The molecule has 4 nitrogen and oxygen atoms in total. The minimum Gasteiger partial charge on any atom is -0.492 e. The standard InChI is InChI=1S/C17H15BrN2O2/c1-12-3-2-4-14(9-12)22-8-7-20-11-19-16-6-5-13(18)10-15(16)17(20)21/h2-6,9-11H,7-8H2,1H3. The highest BCUT2D eigenvalue weighted by Crippen LogP contribution is 2.15. The maximum atomic E-state index is 12.4. The zero-order chi connectivity index (χ0) is 15.5. The lowest BCUT2D eigenvalue weighted by atomic mass is 10.2. The lowest BCUT2D eigenvalue weighted by Gasteiger charge is -2.09. The lowest BCUT2D eigenvalue weighted by molar-refractivity contribution is 0.296. The van der Waals surface area contributed by atoms with Crippen LogP contribution in [0.4, 0.5) is 0 Å². The van der Waals surface area contributed by atoms with E-state index in [0.717, 1.165) is 15.8 Å². The summed E-state index contributed by atoms with van der Waals surface area (Å²) in [6.45, 7) is 2.90. The van der Waals surface area contributed by atoms with Gasteiger partial charge in [-0.05, 0) is 42.8 Å². The van der Waals surface area contributed by atoms with Gasteiger partial charge in [0.25, 0.3) is 5.56 Å². The zero-order valence-corrected chi connectivity index (χ0v) is 13.7. The van der Waals surface area contributed by atoms with E-state index in [2.05, 4.69) is 20.9 Å². The quantitative estimate of drug-likeness (QED) is 0.716. The van der Waals surface area contributed by atoms with Gasteiger partial charge in [0.1, 0.15) is 12.4 Å². The van der Waals surface area contributed by atoms with Crippen LogP contribution >= 0.6 is 15.9 Å². The molecule has 0 N–H and O–H groups in total. The molecule has 0 radical (unpaired) electrons. The van der Waals surface area contributed by atoms with Crippen LogP contribution in [-0.4, -0.2) is 16.2 Å². The van der Waals surface area contributed by atoms with E-state index in [-0.39, 0.29) is 5.56 Å². The number of hydrogen-bond acceptors (Lipinski definition) is 3. The fraction of sp³-hybridized carbons (Fsp3) is 0.176. The molecule has 0 amide bonds. The SMILES string of the molecule is Cc1cccc(OCCn2cnc3ccc(Br)cc3c2=O)c1. The van der Waals surface area contributed by atoms with Crippen molar-refractivity contribution in [1.82, 2.24) is 9.55 Å². The summed E-state index contributed by atoms with van der Waals surface area (Å²) < 4.78 is 8.13. The monoisotopic (exact) mass is 358 g/mol. The second kappa shape index (κ2) is 6.32. The molecular weight excluding hydrogens is 344 g/mol. The Morgan fingerprint density at radius 2 is 2.09 bits per heavy atom. The van der Waals surface area contributed by atoms with Crippen molar-refractivity contribution in [1.29, 1.82) is 0 Å². The molecule has 112 valence electrons. The predicted molar refractivity (Wildman–Crippen MR) is 90.4 cm³/mol.